The molecule has 1 aromatic carbocycles. The highest BCUT2D eigenvalue weighted by atomic mass is 32.2. The van der Waals surface area contributed by atoms with E-state index in [1.165, 1.54) is 4.31 Å². The zero-order valence-corrected chi connectivity index (χ0v) is 15.7. The summed E-state index contributed by atoms with van der Waals surface area (Å²) in [5.41, 5.74) is 0.732. The maximum atomic E-state index is 13.3. The summed E-state index contributed by atoms with van der Waals surface area (Å²) < 4.78 is 29.9. The molecule has 1 unspecified atom stereocenters. The van der Waals surface area contributed by atoms with Crippen LogP contribution in [0.15, 0.2) is 29.4 Å². The molecule has 0 saturated carbocycles. The van der Waals surface area contributed by atoms with E-state index in [-0.39, 0.29) is 17.1 Å². The van der Waals surface area contributed by atoms with Gasteiger partial charge in [0.15, 0.2) is 0 Å². The second kappa shape index (κ2) is 6.78. The summed E-state index contributed by atoms with van der Waals surface area (Å²) >= 11 is 0. The second-order valence-electron chi connectivity index (χ2n) is 6.39. The first-order chi connectivity index (χ1) is 12.2. The number of nitrogens with zero attached hydrogens (tertiary/aromatic N) is 4. The van der Waals surface area contributed by atoms with Crippen LogP contribution in [0.3, 0.4) is 0 Å². The summed E-state index contributed by atoms with van der Waals surface area (Å²) in [7, 11) is -2.11. The lowest BCUT2D eigenvalue weighted by Gasteiger charge is -2.35. The third kappa shape index (κ3) is 3.11. The molecule has 1 N–H and O–H groups in total. The third-order valence-corrected chi connectivity index (χ3v) is 6.68. The van der Waals surface area contributed by atoms with Crippen LogP contribution >= 0.6 is 0 Å². The van der Waals surface area contributed by atoms with Crippen molar-refractivity contribution in [3.05, 3.63) is 51.6 Å². The summed E-state index contributed by atoms with van der Waals surface area (Å²) in [4.78, 5) is 15.0. The number of benzene rings is 1. The third-order valence-electron chi connectivity index (χ3n) is 4.63. The second-order valence-corrected chi connectivity index (χ2v) is 8.25. The van der Waals surface area contributed by atoms with Gasteiger partial charge in [0.1, 0.15) is 5.82 Å². The summed E-state index contributed by atoms with van der Waals surface area (Å²) in [5, 5.41) is 14.4. The molecule has 2 heterocycles. The van der Waals surface area contributed by atoms with Crippen LogP contribution in [-0.2, 0) is 17.1 Å². The normalized spacial score (nSPS) is 18.8. The zero-order valence-electron chi connectivity index (χ0n) is 14.8. The molecule has 10 heteroatoms. The molecule has 1 fully saturated rings. The summed E-state index contributed by atoms with van der Waals surface area (Å²) in [6.45, 7) is 4.45. The van der Waals surface area contributed by atoms with E-state index in [1.54, 1.807) is 36.9 Å². The van der Waals surface area contributed by atoms with Crippen LogP contribution in [0.4, 0.5) is 5.69 Å². The molecule has 0 spiro atoms. The zero-order chi connectivity index (χ0) is 19.1. The van der Waals surface area contributed by atoms with Gasteiger partial charge >= 0.3 is 0 Å². The van der Waals surface area contributed by atoms with Crippen molar-refractivity contribution >= 4 is 15.7 Å². The molecule has 9 nitrogen and oxygen atoms in total. The van der Waals surface area contributed by atoms with Gasteiger partial charge in [-0.15, -0.1) is 0 Å². The Morgan fingerprint density at radius 1 is 1.31 bits per heavy atom. The molecule has 140 valence electrons. The van der Waals surface area contributed by atoms with E-state index in [0.29, 0.717) is 30.0 Å². The van der Waals surface area contributed by atoms with Gasteiger partial charge in [0.2, 0.25) is 10.0 Å². The van der Waals surface area contributed by atoms with Crippen LogP contribution in [0, 0.1) is 24.0 Å². The van der Waals surface area contributed by atoms with Crippen molar-refractivity contribution in [3.63, 3.8) is 0 Å². The minimum absolute atomic E-state index is 0.0316. The van der Waals surface area contributed by atoms with Crippen molar-refractivity contribution in [2.24, 2.45) is 7.05 Å². The van der Waals surface area contributed by atoms with Crippen LogP contribution < -0.4 is 5.32 Å². The topological polar surface area (TPSA) is 110 Å². The van der Waals surface area contributed by atoms with Crippen LogP contribution in [-0.4, -0.2) is 46.8 Å². The Bertz CT molecular complexity index is 954. The van der Waals surface area contributed by atoms with Gasteiger partial charge in [0, 0.05) is 50.7 Å². The maximum Gasteiger partial charge on any atom is 0.273 e. The number of nitro benzene ring substituents is 1. The van der Waals surface area contributed by atoms with Gasteiger partial charge in [-0.05, 0) is 25.5 Å². The minimum atomic E-state index is -3.92. The van der Waals surface area contributed by atoms with Crippen molar-refractivity contribution in [3.8, 4) is 0 Å². The number of nitro groups is 1. The molecule has 0 aliphatic carbocycles. The van der Waals surface area contributed by atoms with E-state index < -0.39 is 21.0 Å². The first-order valence-corrected chi connectivity index (χ1v) is 9.63. The van der Waals surface area contributed by atoms with E-state index >= 15 is 0 Å². The standard InChI is InChI=1S/C16H21N5O4S/c1-11-8-12(2)15(9-13(11)21(22)23)26(24,25)20-7-4-17-10-14(20)16-18-5-6-19(16)3/h5-6,8-9,14,17H,4,7,10H2,1-3H3. The van der Waals surface area contributed by atoms with Gasteiger partial charge in [-0.25, -0.2) is 13.4 Å². The van der Waals surface area contributed by atoms with Gasteiger partial charge in [0.25, 0.3) is 5.69 Å². The number of nitrogens with one attached hydrogen (secondary N) is 1. The monoisotopic (exact) mass is 379 g/mol. The number of hydrogen-bond acceptors (Lipinski definition) is 6. The summed E-state index contributed by atoms with van der Waals surface area (Å²) in [6, 6.07) is 2.23. The molecule has 1 saturated heterocycles. The van der Waals surface area contributed by atoms with Gasteiger partial charge in [-0.2, -0.15) is 4.31 Å². The van der Waals surface area contributed by atoms with Gasteiger partial charge in [-0.1, -0.05) is 0 Å². The average molecular weight is 379 g/mol. The van der Waals surface area contributed by atoms with Crippen LogP contribution in [0.5, 0.6) is 0 Å². The SMILES string of the molecule is Cc1cc(C)c(S(=O)(=O)N2CCNCC2c2nccn2C)cc1[N+](=O)[O-]. The summed E-state index contributed by atoms with van der Waals surface area (Å²) in [5.74, 6) is 0.625. The van der Waals surface area contributed by atoms with Gasteiger partial charge in [-0.3, -0.25) is 10.1 Å². The van der Waals surface area contributed by atoms with Gasteiger partial charge in [0.05, 0.1) is 15.9 Å². The molecular formula is C16H21N5O4S. The molecular weight excluding hydrogens is 358 g/mol. The predicted octanol–water partition coefficient (Wildman–Crippen LogP) is 1.28. The number of piperazine rings is 1. The highest BCUT2D eigenvalue weighted by molar-refractivity contribution is 7.89. The number of rotatable bonds is 4. The smallest absolute Gasteiger partial charge is 0.273 e. The highest BCUT2D eigenvalue weighted by Gasteiger charge is 2.37. The van der Waals surface area contributed by atoms with Crippen LogP contribution in [0.1, 0.15) is 23.0 Å². The molecule has 26 heavy (non-hydrogen) atoms. The Hall–Kier alpha value is -2.30. The van der Waals surface area contributed by atoms with Crippen molar-refractivity contribution in [1.82, 2.24) is 19.2 Å². The van der Waals surface area contributed by atoms with E-state index in [4.69, 9.17) is 0 Å². The number of hydrogen-bond donors (Lipinski definition) is 1. The fourth-order valence-corrected chi connectivity index (χ4v) is 5.13. The van der Waals surface area contributed by atoms with E-state index in [2.05, 4.69) is 10.3 Å². The molecule has 3 rings (SSSR count). The molecule has 1 atom stereocenters. The molecule has 0 bridgehead atoms. The maximum absolute atomic E-state index is 13.3. The molecule has 1 aliphatic rings. The van der Waals surface area contributed by atoms with Crippen molar-refractivity contribution in [1.29, 1.82) is 0 Å². The lowest BCUT2D eigenvalue weighted by Crippen LogP contribution is -2.49. The number of aromatic nitrogens is 2. The Morgan fingerprint density at radius 3 is 2.65 bits per heavy atom. The lowest BCUT2D eigenvalue weighted by molar-refractivity contribution is -0.385. The van der Waals surface area contributed by atoms with Crippen LogP contribution in [0.25, 0.3) is 0 Å². The quantitative estimate of drug-likeness (QED) is 0.633. The fourth-order valence-electron chi connectivity index (χ4n) is 3.31. The Morgan fingerprint density at radius 2 is 2.04 bits per heavy atom. The Labute approximate surface area is 151 Å². The van der Waals surface area contributed by atoms with Crippen molar-refractivity contribution in [2.75, 3.05) is 19.6 Å². The molecule has 0 amide bonds. The van der Waals surface area contributed by atoms with Crippen molar-refractivity contribution in [2.45, 2.75) is 24.8 Å². The van der Waals surface area contributed by atoms with E-state index in [9.17, 15) is 18.5 Å². The number of imidazole rings is 1. The first-order valence-electron chi connectivity index (χ1n) is 8.19. The first kappa shape index (κ1) is 18.5. The fraction of sp³-hybridized carbons (Fsp3) is 0.438. The summed E-state index contributed by atoms with van der Waals surface area (Å²) in [6.07, 6.45) is 3.38. The van der Waals surface area contributed by atoms with Crippen molar-refractivity contribution < 1.29 is 13.3 Å². The number of aryl methyl sites for hydroxylation is 3. The Balaban J connectivity index is 2.10. The Kier molecular flexibility index (Phi) is 4.82. The van der Waals surface area contributed by atoms with E-state index in [0.717, 1.165) is 6.07 Å². The molecule has 1 aliphatic heterocycles. The lowest BCUT2D eigenvalue weighted by atomic mass is 10.1. The predicted molar refractivity (Wildman–Crippen MR) is 95.3 cm³/mol. The van der Waals surface area contributed by atoms with Gasteiger partial charge < -0.3 is 9.88 Å². The highest BCUT2D eigenvalue weighted by Crippen LogP contribution is 2.32. The molecule has 0 radical (unpaired) electrons. The average Bonchev–Trinajstić information content (AvgIpc) is 3.00. The van der Waals surface area contributed by atoms with E-state index in [1.807, 2.05) is 7.05 Å². The number of sulfonamides is 1. The molecule has 2 aromatic rings. The largest absolute Gasteiger partial charge is 0.337 e. The minimum Gasteiger partial charge on any atom is -0.337 e. The van der Waals surface area contributed by atoms with Crippen LogP contribution in [0.2, 0.25) is 0 Å². The molecule has 1 aromatic heterocycles.